The summed E-state index contributed by atoms with van der Waals surface area (Å²) in [6, 6.07) is 0. The Morgan fingerprint density at radius 2 is 2.29 bits per heavy atom. The minimum absolute atomic E-state index is 0.576. The molecule has 0 amide bonds. The first kappa shape index (κ1) is 11.2. The third-order valence-corrected chi connectivity index (χ3v) is 1.80. The minimum atomic E-state index is 0.576. The molecule has 0 saturated carbocycles. The molecule has 0 fully saturated rings. The summed E-state index contributed by atoms with van der Waals surface area (Å²) in [6.07, 6.45) is 4.29. The first-order valence-electron chi connectivity index (χ1n) is 5.08. The predicted molar refractivity (Wildman–Crippen MR) is 54.1 cm³/mol. The van der Waals surface area contributed by atoms with Gasteiger partial charge in [-0.2, -0.15) is 0 Å². The van der Waals surface area contributed by atoms with Gasteiger partial charge in [-0.05, 0) is 6.42 Å². The van der Waals surface area contributed by atoms with Crippen molar-refractivity contribution in [3.63, 3.8) is 0 Å². The van der Waals surface area contributed by atoms with E-state index in [1.54, 1.807) is 6.20 Å². The number of nitrogens with two attached hydrogens (primary N) is 1. The topological polar surface area (TPSA) is 61.3 Å². The van der Waals surface area contributed by atoms with Crippen molar-refractivity contribution in [3.8, 4) is 0 Å². The van der Waals surface area contributed by atoms with E-state index in [1.165, 1.54) is 0 Å². The fourth-order valence-electron chi connectivity index (χ4n) is 1.12. The summed E-state index contributed by atoms with van der Waals surface area (Å²) in [7, 11) is 0. The standard InChI is InChI=1S/C10H18N2O2/c1-2-6-13-7-4-9-8-12-10(14-9)3-5-11/h8H,2-7,11H2,1H3. The lowest BCUT2D eigenvalue weighted by Crippen LogP contribution is -2.02. The monoisotopic (exact) mass is 198 g/mol. The Labute approximate surface area is 84.5 Å². The quantitative estimate of drug-likeness (QED) is 0.667. The molecule has 2 N–H and O–H groups in total. The van der Waals surface area contributed by atoms with E-state index in [4.69, 9.17) is 14.9 Å². The molecule has 80 valence electrons. The van der Waals surface area contributed by atoms with E-state index < -0.39 is 0 Å². The molecule has 0 atom stereocenters. The second kappa shape index (κ2) is 6.56. The van der Waals surface area contributed by atoms with E-state index in [2.05, 4.69) is 11.9 Å². The summed E-state index contributed by atoms with van der Waals surface area (Å²) in [6.45, 7) is 4.18. The van der Waals surface area contributed by atoms with Crippen LogP contribution in [0, 0.1) is 0 Å². The van der Waals surface area contributed by atoms with Gasteiger partial charge in [-0.25, -0.2) is 4.98 Å². The van der Waals surface area contributed by atoms with Crippen molar-refractivity contribution in [1.82, 2.24) is 4.98 Å². The highest BCUT2D eigenvalue weighted by molar-refractivity contribution is 4.94. The van der Waals surface area contributed by atoms with Crippen LogP contribution < -0.4 is 5.73 Å². The van der Waals surface area contributed by atoms with Gasteiger partial charge in [0.2, 0.25) is 0 Å². The molecule has 14 heavy (non-hydrogen) atoms. The minimum Gasteiger partial charge on any atom is -0.446 e. The highest BCUT2D eigenvalue weighted by Gasteiger charge is 2.02. The third kappa shape index (κ3) is 3.89. The second-order valence-electron chi connectivity index (χ2n) is 3.12. The zero-order chi connectivity index (χ0) is 10.2. The number of oxazole rings is 1. The van der Waals surface area contributed by atoms with E-state index in [-0.39, 0.29) is 0 Å². The Kier molecular flexibility index (Phi) is 5.25. The number of hydrogen-bond acceptors (Lipinski definition) is 4. The summed E-state index contributed by atoms with van der Waals surface area (Å²) in [5.41, 5.74) is 5.38. The van der Waals surface area contributed by atoms with Crippen LogP contribution in [-0.2, 0) is 17.6 Å². The zero-order valence-electron chi connectivity index (χ0n) is 8.66. The van der Waals surface area contributed by atoms with Gasteiger partial charge in [0, 0.05) is 26.0 Å². The zero-order valence-corrected chi connectivity index (χ0v) is 8.66. The lowest BCUT2D eigenvalue weighted by Gasteiger charge is -1.98. The molecule has 1 aromatic rings. The molecule has 0 unspecified atom stereocenters. The van der Waals surface area contributed by atoms with Gasteiger partial charge >= 0.3 is 0 Å². The molecule has 1 heterocycles. The van der Waals surface area contributed by atoms with Gasteiger partial charge in [0.15, 0.2) is 5.89 Å². The third-order valence-electron chi connectivity index (χ3n) is 1.80. The Balaban J connectivity index is 2.22. The van der Waals surface area contributed by atoms with E-state index in [1.807, 2.05) is 0 Å². The number of nitrogens with zero attached hydrogens (tertiary/aromatic N) is 1. The van der Waals surface area contributed by atoms with E-state index >= 15 is 0 Å². The molecule has 0 saturated heterocycles. The van der Waals surface area contributed by atoms with Crippen LogP contribution in [0.5, 0.6) is 0 Å². The average molecular weight is 198 g/mol. The Bertz CT molecular complexity index is 248. The molecule has 0 aliphatic carbocycles. The Morgan fingerprint density at radius 1 is 1.43 bits per heavy atom. The number of ether oxygens (including phenoxy) is 1. The largest absolute Gasteiger partial charge is 0.446 e. The van der Waals surface area contributed by atoms with Crippen molar-refractivity contribution in [2.45, 2.75) is 26.2 Å². The van der Waals surface area contributed by atoms with Gasteiger partial charge in [-0.15, -0.1) is 0 Å². The summed E-state index contributed by atoms with van der Waals surface area (Å²) in [5, 5.41) is 0. The van der Waals surface area contributed by atoms with Crippen LogP contribution >= 0.6 is 0 Å². The second-order valence-corrected chi connectivity index (χ2v) is 3.12. The van der Waals surface area contributed by atoms with Crippen molar-refractivity contribution in [3.05, 3.63) is 17.8 Å². The fraction of sp³-hybridized carbons (Fsp3) is 0.700. The van der Waals surface area contributed by atoms with Gasteiger partial charge in [0.1, 0.15) is 5.76 Å². The predicted octanol–water partition coefficient (Wildman–Crippen LogP) is 1.14. The van der Waals surface area contributed by atoms with Gasteiger partial charge in [0.05, 0.1) is 12.8 Å². The molecule has 0 radical (unpaired) electrons. The highest BCUT2D eigenvalue weighted by Crippen LogP contribution is 2.04. The molecule has 0 aromatic carbocycles. The van der Waals surface area contributed by atoms with Crippen LogP contribution in [0.1, 0.15) is 25.0 Å². The number of hydrogen-bond donors (Lipinski definition) is 1. The Morgan fingerprint density at radius 3 is 3.00 bits per heavy atom. The SMILES string of the molecule is CCCOCCc1cnc(CCN)o1. The molecule has 0 aliphatic heterocycles. The molecule has 0 spiro atoms. The highest BCUT2D eigenvalue weighted by atomic mass is 16.5. The molecule has 4 heteroatoms. The van der Waals surface area contributed by atoms with Gasteiger partial charge < -0.3 is 14.9 Å². The van der Waals surface area contributed by atoms with Crippen molar-refractivity contribution in [1.29, 1.82) is 0 Å². The van der Waals surface area contributed by atoms with Crippen LogP contribution in [-0.4, -0.2) is 24.7 Å². The van der Waals surface area contributed by atoms with E-state index in [0.717, 1.165) is 31.1 Å². The lowest BCUT2D eigenvalue weighted by molar-refractivity contribution is 0.134. The average Bonchev–Trinajstić information content (AvgIpc) is 2.61. The van der Waals surface area contributed by atoms with E-state index in [0.29, 0.717) is 19.6 Å². The maximum atomic E-state index is 5.43. The maximum absolute atomic E-state index is 5.43. The Hall–Kier alpha value is -0.870. The molecular weight excluding hydrogens is 180 g/mol. The number of rotatable bonds is 7. The van der Waals surface area contributed by atoms with Crippen LogP contribution in [0.15, 0.2) is 10.6 Å². The van der Waals surface area contributed by atoms with Gasteiger partial charge in [-0.3, -0.25) is 0 Å². The van der Waals surface area contributed by atoms with Crippen LogP contribution in [0.25, 0.3) is 0 Å². The molecule has 4 nitrogen and oxygen atoms in total. The molecule has 0 aliphatic rings. The molecule has 0 bridgehead atoms. The lowest BCUT2D eigenvalue weighted by atomic mass is 10.4. The summed E-state index contributed by atoms with van der Waals surface area (Å²) in [4.78, 5) is 4.10. The van der Waals surface area contributed by atoms with E-state index in [9.17, 15) is 0 Å². The van der Waals surface area contributed by atoms with Crippen LogP contribution in [0.4, 0.5) is 0 Å². The van der Waals surface area contributed by atoms with Crippen LogP contribution in [0.2, 0.25) is 0 Å². The maximum Gasteiger partial charge on any atom is 0.195 e. The van der Waals surface area contributed by atoms with Gasteiger partial charge in [-0.1, -0.05) is 6.92 Å². The summed E-state index contributed by atoms with van der Waals surface area (Å²) < 4.78 is 10.8. The molecule has 1 aromatic heterocycles. The van der Waals surface area contributed by atoms with Crippen molar-refractivity contribution in [2.75, 3.05) is 19.8 Å². The first-order chi connectivity index (χ1) is 6.86. The fourth-order valence-corrected chi connectivity index (χ4v) is 1.12. The van der Waals surface area contributed by atoms with Crippen molar-refractivity contribution < 1.29 is 9.15 Å². The first-order valence-corrected chi connectivity index (χ1v) is 5.08. The van der Waals surface area contributed by atoms with Gasteiger partial charge in [0.25, 0.3) is 0 Å². The summed E-state index contributed by atoms with van der Waals surface area (Å²) >= 11 is 0. The normalized spacial score (nSPS) is 10.7. The van der Waals surface area contributed by atoms with Crippen molar-refractivity contribution in [2.24, 2.45) is 5.73 Å². The number of aromatic nitrogens is 1. The summed E-state index contributed by atoms with van der Waals surface area (Å²) in [5.74, 6) is 1.60. The van der Waals surface area contributed by atoms with Crippen LogP contribution in [0.3, 0.4) is 0 Å². The molecule has 1 rings (SSSR count). The smallest absolute Gasteiger partial charge is 0.195 e. The van der Waals surface area contributed by atoms with Crippen molar-refractivity contribution >= 4 is 0 Å². The molecular formula is C10H18N2O2.